The third-order valence-corrected chi connectivity index (χ3v) is 1.99. The number of benzene rings is 1. The van der Waals surface area contributed by atoms with E-state index in [0.29, 0.717) is 0 Å². The first-order valence-electron chi connectivity index (χ1n) is 4.00. The van der Waals surface area contributed by atoms with Gasteiger partial charge in [0.1, 0.15) is 11.0 Å². The van der Waals surface area contributed by atoms with Crippen LogP contribution in [-0.4, -0.2) is 15.4 Å². The van der Waals surface area contributed by atoms with Gasteiger partial charge in [0.2, 0.25) is 0 Å². The van der Waals surface area contributed by atoms with Crippen LogP contribution >= 0.6 is 0 Å². The summed E-state index contributed by atoms with van der Waals surface area (Å²) in [6.07, 6.45) is 1.68. The molecule has 0 aliphatic carbocycles. The molecule has 0 aliphatic rings. The maximum atomic E-state index is 5.82. The Balaban J connectivity index is 2.67. The molecule has 66 valence electrons. The maximum absolute atomic E-state index is 5.82. The molecule has 2 aromatic rings. The van der Waals surface area contributed by atoms with Crippen molar-refractivity contribution in [2.45, 2.75) is 6.04 Å². The number of hydrogen-bond acceptors (Lipinski definition) is 3. The highest BCUT2D eigenvalue weighted by molar-refractivity contribution is 5.78. The van der Waals surface area contributed by atoms with Crippen LogP contribution < -0.4 is 5.73 Å². The first kappa shape index (κ1) is 7.94. The lowest BCUT2D eigenvalue weighted by atomic mass is 10.1. The number of nitrogens with two attached hydrogens (primary N) is 1. The Hall–Kier alpha value is -1.68. The summed E-state index contributed by atoms with van der Waals surface area (Å²) in [5.74, 6) is 0. The van der Waals surface area contributed by atoms with Crippen LogP contribution in [0.15, 0.2) is 30.9 Å². The zero-order valence-corrected chi connectivity index (χ0v) is 7.07. The van der Waals surface area contributed by atoms with E-state index >= 15 is 0 Å². The third kappa shape index (κ3) is 1.21. The van der Waals surface area contributed by atoms with Gasteiger partial charge in [0.15, 0.2) is 0 Å². The minimum Gasteiger partial charge on any atom is -0.321 e. The van der Waals surface area contributed by atoms with Gasteiger partial charge in [-0.3, -0.25) is 0 Å². The molecule has 0 saturated heterocycles. The second kappa shape index (κ2) is 2.99. The minimum atomic E-state index is -0.186. The predicted molar refractivity (Wildman–Crippen MR) is 51.0 cm³/mol. The van der Waals surface area contributed by atoms with E-state index in [9.17, 15) is 0 Å². The highest BCUT2D eigenvalue weighted by atomic mass is 15.3. The van der Waals surface area contributed by atoms with Crippen LogP contribution in [0, 0.1) is 0 Å². The molecule has 4 nitrogen and oxygen atoms in total. The number of nitrogens with zero attached hydrogens (tertiary/aromatic N) is 2. The van der Waals surface area contributed by atoms with Gasteiger partial charge in [0.25, 0.3) is 0 Å². The van der Waals surface area contributed by atoms with Crippen LogP contribution in [0.3, 0.4) is 0 Å². The molecule has 0 aliphatic heterocycles. The van der Waals surface area contributed by atoms with Gasteiger partial charge < -0.3 is 5.73 Å². The third-order valence-electron chi connectivity index (χ3n) is 1.99. The van der Waals surface area contributed by atoms with Gasteiger partial charge in [-0.05, 0) is 6.07 Å². The number of nitrogens with one attached hydrogen (secondary N) is 1. The predicted octanol–water partition coefficient (Wildman–Crippen LogP) is 1.14. The highest BCUT2D eigenvalue weighted by Gasteiger charge is 2.08. The fourth-order valence-electron chi connectivity index (χ4n) is 1.29. The quantitative estimate of drug-likeness (QED) is 0.671. The Morgan fingerprint density at radius 1 is 1.46 bits per heavy atom. The number of H-pyrrole nitrogens is 1. The lowest BCUT2D eigenvalue weighted by Crippen LogP contribution is -2.06. The van der Waals surface area contributed by atoms with E-state index in [-0.39, 0.29) is 6.04 Å². The van der Waals surface area contributed by atoms with Crippen molar-refractivity contribution in [3.63, 3.8) is 0 Å². The molecule has 1 aromatic heterocycles. The molecule has 0 amide bonds. The second-order valence-corrected chi connectivity index (χ2v) is 2.80. The first-order chi connectivity index (χ1) is 6.33. The molecule has 3 N–H and O–H groups in total. The van der Waals surface area contributed by atoms with E-state index in [1.807, 2.05) is 18.2 Å². The largest absolute Gasteiger partial charge is 0.321 e. The molecule has 0 fully saturated rings. The number of hydrogen-bond donors (Lipinski definition) is 2. The smallest absolute Gasteiger partial charge is 0.118 e. The molecule has 0 saturated carbocycles. The van der Waals surface area contributed by atoms with Gasteiger partial charge in [-0.2, -0.15) is 15.4 Å². The Kier molecular flexibility index (Phi) is 1.83. The molecule has 0 bridgehead atoms. The lowest BCUT2D eigenvalue weighted by Gasteiger charge is -2.05. The van der Waals surface area contributed by atoms with Crippen LogP contribution in [-0.2, 0) is 0 Å². The second-order valence-electron chi connectivity index (χ2n) is 2.80. The molecule has 1 atom stereocenters. The maximum Gasteiger partial charge on any atom is 0.118 e. The van der Waals surface area contributed by atoms with Crippen molar-refractivity contribution in [1.82, 2.24) is 15.4 Å². The summed E-state index contributed by atoms with van der Waals surface area (Å²) in [5.41, 5.74) is 8.41. The summed E-state index contributed by atoms with van der Waals surface area (Å²) in [7, 11) is 0. The van der Waals surface area contributed by atoms with E-state index in [4.69, 9.17) is 5.73 Å². The van der Waals surface area contributed by atoms with Gasteiger partial charge in [-0.1, -0.05) is 18.2 Å². The van der Waals surface area contributed by atoms with E-state index in [1.54, 1.807) is 6.08 Å². The average Bonchev–Trinajstić information content (AvgIpc) is 2.63. The monoisotopic (exact) mass is 174 g/mol. The van der Waals surface area contributed by atoms with Gasteiger partial charge in [0.05, 0.1) is 6.04 Å². The Morgan fingerprint density at radius 2 is 2.31 bits per heavy atom. The van der Waals surface area contributed by atoms with Crippen molar-refractivity contribution >= 4 is 11.0 Å². The summed E-state index contributed by atoms with van der Waals surface area (Å²) < 4.78 is 0. The van der Waals surface area contributed by atoms with Crippen molar-refractivity contribution in [1.29, 1.82) is 0 Å². The van der Waals surface area contributed by atoms with Crippen molar-refractivity contribution in [2.75, 3.05) is 0 Å². The zero-order valence-electron chi connectivity index (χ0n) is 7.07. The normalized spacial score (nSPS) is 13.0. The summed E-state index contributed by atoms with van der Waals surface area (Å²) in [6, 6.07) is 5.53. The first-order valence-corrected chi connectivity index (χ1v) is 4.00. The zero-order chi connectivity index (χ0) is 9.26. The van der Waals surface area contributed by atoms with Crippen LogP contribution in [0.1, 0.15) is 11.6 Å². The van der Waals surface area contributed by atoms with Crippen LogP contribution in [0.5, 0.6) is 0 Å². The molecule has 1 aromatic carbocycles. The molecule has 1 unspecified atom stereocenters. The Labute approximate surface area is 75.4 Å². The van der Waals surface area contributed by atoms with Crippen molar-refractivity contribution < 1.29 is 0 Å². The van der Waals surface area contributed by atoms with Gasteiger partial charge in [-0.15, -0.1) is 6.58 Å². The molecule has 13 heavy (non-hydrogen) atoms. The number of para-hydroxylation sites is 1. The number of aromatic amines is 1. The van der Waals surface area contributed by atoms with Gasteiger partial charge in [-0.25, -0.2) is 0 Å². The Morgan fingerprint density at radius 3 is 3.08 bits per heavy atom. The van der Waals surface area contributed by atoms with Crippen LogP contribution in [0.2, 0.25) is 0 Å². The van der Waals surface area contributed by atoms with Crippen LogP contribution in [0.25, 0.3) is 11.0 Å². The van der Waals surface area contributed by atoms with Crippen LogP contribution in [0.4, 0.5) is 0 Å². The van der Waals surface area contributed by atoms with Gasteiger partial charge in [0, 0.05) is 5.56 Å². The Bertz CT molecular complexity index is 432. The molecule has 2 rings (SSSR count). The van der Waals surface area contributed by atoms with Gasteiger partial charge >= 0.3 is 0 Å². The molecule has 1 heterocycles. The molecular formula is C9H10N4. The highest BCUT2D eigenvalue weighted by Crippen LogP contribution is 2.19. The van der Waals surface area contributed by atoms with E-state index < -0.39 is 0 Å². The van der Waals surface area contributed by atoms with Crippen molar-refractivity contribution in [3.05, 3.63) is 36.4 Å². The topological polar surface area (TPSA) is 67.6 Å². The fourth-order valence-corrected chi connectivity index (χ4v) is 1.29. The van der Waals surface area contributed by atoms with Crippen molar-refractivity contribution in [3.8, 4) is 0 Å². The van der Waals surface area contributed by atoms with E-state index in [1.165, 1.54) is 0 Å². The summed E-state index contributed by atoms with van der Waals surface area (Å²) >= 11 is 0. The standard InChI is InChI=1S/C9H10N4/c1-2-7(10)6-4-3-5-8-9(6)12-13-11-8/h2-5,7H,1,10H2,(H,11,12,13). The average molecular weight is 174 g/mol. The van der Waals surface area contributed by atoms with E-state index in [2.05, 4.69) is 22.0 Å². The minimum absolute atomic E-state index is 0.186. The number of rotatable bonds is 2. The SMILES string of the molecule is C=CC(N)c1cccc2n[nH]nc12. The number of fused-ring (bicyclic) bond motifs is 1. The van der Waals surface area contributed by atoms with Crippen molar-refractivity contribution in [2.24, 2.45) is 5.73 Å². The molecule has 0 spiro atoms. The lowest BCUT2D eigenvalue weighted by molar-refractivity contribution is 0.911. The summed E-state index contributed by atoms with van der Waals surface area (Å²) in [5, 5.41) is 10.6. The van der Waals surface area contributed by atoms with E-state index in [0.717, 1.165) is 16.6 Å². The molecular weight excluding hydrogens is 164 g/mol. The number of aromatic nitrogens is 3. The molecule has 0 radical (unpaired) electrons. The fraction of sp³-hybridized carbons (Fsp3) is 0.111. The summed E-state index contributed by atoms with van der Waals surface area (Å²) in [4.78, 5) is 0. The summed E-state index contributed by atoms with van der Waals surface area (Å²) in [6.45, 7) is 3.64. The molecule has 4 heteroatoms.